The summed E-state index contributed by atoms with van der Waals surface area (Å²) in [4.78, 5) is 0. The lowest BCUT2D eigenvalue weighted by atomic mass is 9.82. The molecule has 92 valence electrons. The number of rotatable bonds is 7. The van der Waals surface area contributed by atoms with E-state index in [1.807, 2.05) is 0 Å². The molecule has 16 heavy (non-hydrogen) atoms. The van der Waals surface area contributed by atoms with E-state index in [1.165, 1.54) is 51.4 Å². The van der Waals surface area contributed by atoms with Gasteiger partial charge in [-0.1, -0.05) is 56.9 Å². The number of allylic oxidation sites excluding steroid dienone is 4. The molecule has 1 atom stereocenters. The van der Waals surface area contributed by atoms with Gasteiger partial charge in [0.15, 0.2) is 0 Å². The molecule has 0 aromatic carbocycles. The first-order valence-corrected chi connectivity index (χ1v) is 7.20. The SMILES string of the molecule is CCCCC1=CC=C(CCCC)C(CC)C1. The third kappa shape index (κ3) is 4.15. The zero-order valence-electron chi connectivity index (χ0n) is 11.4. The van der Waals surface area contributed by atoms with Gasteiger partial charge in [0.25, 0.3) is 0 Å². The van der Waals surface area contributed by atoms with Crippen LogP contribution in [0.1, 0.15) is 72.1 Å². The molecule has 0 amide bonds. The summed E-state index contributed by atoms with van der Waals surface area (Å²) in [5, 5.41) is 0. The van der Waals surface area contributed by atoms with Crippen LogP contribution in [-0.2, 0) is 0 Å². The first-order valence-electron chi connectivity index (χ1n) is 7.20. The van der Waals surface area contributed by atoms with Crippen molar-refractivity contribution < 1.29 is 0 Å². The van der Waals surface area contributed by atoms with Gasteiger partial charge in [0.1, 0.15) is 0 Å². The van der Waals surface area contributed by atoms with Crippen LogP contribution in [-0.4, -0.2) is 0 Å². The van der Waals surface area contributed by atoms with Crippen molar-refractivity contribution in [3.63, 3.8) is 0 Å². The van der Waals surface area contributed by atoms with Gasteiger partial charge in [-0.15, -0.1) is 0 Å². The van der Waals surface area contributed by atoms with E-state index in [4.69, 9.17) is 0 Å². The average Bonchev–Trinajstić information content (AvgIpc) is 2.34. The third-order valence-electron chi connectivity index (χ3n) is 3.73. The van der Waals surface area contributed by atoms with Gasteiger partial charge in [0, 0.05) is 0 Å². The molecule has 0 spiro atoms. The summed E-state index contributed by atoms with van der Waals surface area (Å²) >= 11 is 0. The van der Waals surface area contributed by atoms with E-state index in [9.17, 15) is 0 Å². The molecule has 0 heteroatoms. The predicted octanol–water partition coefficient (Wildman–Crippen LogP) is 5.65. The Hall–Kier alpha value is -0.520. The van der Waals surface area contributed by atoms with Gasteiger partial charge in [-0.25, -0.2) is 0 Å². The number of hydrogen-bond donors (Lipinski definition) is 0. The van der Waals surface area contributed by atoms with Crippen LogP contribution in [0.3, 0.4) is 0 Å². The largest absolute Gasteiger partial charge is 0.0696 e. The maximum Gasteiger partial charge on any atom is -0.0165 e. The Kier molecular flexibility index (Phi) is 6.52. The molecule has 0 N–H and O–H groups in total. The van der Waals surface area contributed by atoms with E-state index >= 15 is 0 Å². The van der Waals surface area contributed by atoms with Crippen LogP contribution < -0.4 is 0 Å². The lowest BCUT2D eigenvalue weighted by Crippen LogP contribution is -2.08. The summed E-state index contributed by atoms with van der Waals surface area (Å²) in [6, 6.07) is 0. The molecule has 1 rings (SSSR count). The van der Waals surface area contributed by atoms with Crippen molar-refractivity contribution in [2.75, 3.05) is 0 Å². The Morgan fingerprint density at radius 3 is 2.31 bits per heavy atom. The fourth-order valence-corrected chi connectivity index (χ4v) is 2.54. The molecular formula is C16H28. The zero-order chi connectivity index (χ0) is 11.8. The summed E-state index contributed by atoms with van der Waals surface area (Å²) in [6.45, 7) is 6.91. The van der Waals surface area contributed by atoms with Gasteiger partial charge in [0.2, 0.25) is 0 Å². The first-order chi connectivity index (χ1) is 7.81. The Labute approximate surface area is 102 Å². The summed E-state index contributed by atoms with van der Waals surface area (Å²) in [5.41, 5.74) is 3.40. The van der Waals surface area contributed by atoms with E-state index < -0.39 is 0 Å². The maximum atomic E-state index is 2.43. The maximum absolute atomic E-state index is 2.43. The standard InChI is InChI=1S/C16H28/c1-4-7-9-14-11-12-16(10-8-5-2)15(6-3)13-14/h11-12,15H,4-10,13H2,1-3H3. The molecule has 1 aliphatic carbocycles. The van der Waals surface area contributed by atoms with E-state index in [0.29, 0.717) is 0 Å². The van der Waals surface area contributed by atoms with Crippen LogP contribution in [0.5, 0.6) is 0 Å². The Morgan fingerprint density at radius 2 is 1.69 bits per heavy atom. The molecule has 0 aliphatic heterocycles. The first kappa shape index (κ1) is 13.5. The molecular weight excluding hydrogens is 192 g/mol. The molecule has 0 radical (unpaired) electrons. The second kappa shape index (κ2) is 7.70. The smallest absolute Gasteiger partial charge is 0.0165 e. The quantitative estimate of drug-likeness (QED) is 0.520. The van der Waals surface area contributed by atoms with Crippen LogP contribution in [0.2, 0.25) is 0 Å². The molecule has 0 saturated heterocycles. The minimum absolute atomic E-state index is 0.850. The highest BCUT2D eigenvalue weighted by molar-refractivity contribution is 5.26. The molecule has 0 nitrogen and oxygen atoms in total. The predicted molar refractivity (Wildman–Crippen MR) is 73.6 cm³/mol. The monoisotopic (exact) mass is 220 g/mol. The van der Waals surface area contributed by atoms with Gasteiger partial charge in [-0.05, 0) is 44.4 Å². The van der Waals surface area contributed by atoms with Crippen LogP contribution in [0.4, 0.5) is 0 Å². The summed E-state index contributed by atoms with van der Waals surface area (Å²) in [6.07, 6.45) is 15.5. The van der Waals surface area contributed by atoms with E-state index in [2.05, 4.69) is 32.9 Å². The second-order valence-corrected chi connectivity index (χ2v) is 5.08. The van der Waals surface area contributed by atoms with Gasteiger partial charge in [-0.3, -0.25) is 0 Å². The highest BCUT2D eigenvalue weighted by atomic mass is 14.2. The molecule has 1 unspecified atom stereocenters. The van der Waals surface area contributed by atoms with Crippen molar-refractivity contribution in [1.82, 2.24) is 0 Å². The van der Waals surface area contributed by atoms with Crippen molar-refractivity contribution in [3.05, 3.63) is 23.3 Å². The van der Waals surface area contributed by atoms with Crippen molar-refractivity contribution in [3.8, 4) is 0 Å². The second-order valence-electron chi connectivity index (χ2n) is 5.08. The highest BCUT2D eigenvalue weighted by Gasteiger charge is 2.16. The van der Waals surface area contributed by atoms with Gasteiger partial charge in [0.05, 0.1) is 0 Å². The van der Waals surface area contributed by atoms with Crippen molar-refractivity contribution >= 4 is 0 Å². The van der Waals surface area contributed by atoms with Crippen LogP contribution in [0.25, 0.3) is 0 Å². The van der Waals surface area contributed by atoms with E-state index in [1.54, 1.807) is 11.1 Å². The summed E-state index contributed by atoms with van der Waals surface area (Å²) < 4.78 is 0. The van der Waals surface area contributed by atoms with Gasteiger partial charge in [-0.2, -0.15) is 0 Å². The minimum atomic E-state index is 0.850. The normalized spacial score (nSPS) is 20.6. The Bertz CT molecular complexity index is 245. The average molecular weight is 220 g/mol. The molecule has 0 heterocycles. The van der Waals surface area contributed by atoms with Gasteiger partial charge < -0.3 is 0 Å². The number of hydrogen-bond acceptors (Lipinski definition) is 0. The van der Waals surface area contributed by atoms with Crippen LogP contribution >= 0.6 is 0 Å². The highest BCUT2D eigenvalue weighted by Crippen LogP contribution is 2.32. The summed E-state index contributed by atoms with van der Waals surface area (Å²) in [5.74, 6) is 0.850. The molecule has 0 fully saturated rings. The van der Waals surface area contributed by atoms with Crippen LogP contribution in [0, 0.1) is 5.92 Å². The Balaban J connectivity index is 2.54. The molecule has 0 aromatic heterocycles. The fraction of sp³-hybridized carbons (Fsp3) is 0.750. The molecule has 1 aliphatic rings. The summed E-state index contributed by atoms with van der Waals surface area (Å²) in [7, 11) is 0. The van der Waals surface area contributed by atoms with E-state index in [0.717, 1.165) is 5.92 Å². The molecule has 0 aromatic rings. The minimum Gasteiger partial charge on any atom is -0.0696 e. The van der Waals surface area contributed by atoms with Gasteiger partial charge >= 0.3 is 0 Å². The number of unbranched alkanes of at least 4 members (excludes halogenated alkanes) is 2. The zero-order valence-corrected chi connectivity index (χ0v) is 11.4. The lowest BCUT2D eigenvalue weighted by molar-refractivity contribution is 0.532. The van der Waals surface area contributed by atoms with E-state index in [-0.39, 0.29) is 0 Å². The molecule has 0 saturated carbocycles. The van der Waals surface area contributed by atoms with Crippen molar-refractivity contribution in [2.45, 2.75) is 72.1 Å². The van der Waals surface area contributed by atoms with Crippen molar-refractivity contribution in [2.24, 2.45) is 5.92 Å². The fourth-order valence-electron chi connectivity index (χ4n) is 2.54. The molecule has 0 bridgehead atoms. The topological polar surface area (TPSA) is 0 Å². The lowest BCUT2D eigenvalue weighted by Gasteiger charge is -2.24. The Morgan fingerprint density at radius 1 is 1.00 bits per heavy atom. The van der Waals surface area contributed by atoms with Crippen LogP contribution in [0.15, 0.2) is 23.3 Å². The van der Waals surface area contributed by atoms with Crippen molar-refractivity contribution in [1.29, 1.82) is 0 Å². The third-order valence-corrected chi connectivity index (χ3v) is 3.73.